The van der Waals surface area contributed by atoms with Crippen LogP contribution in [0.2, 0.25) is 0 Å². The number of nitrogens with one attached hydrogen (secondary N) is 1. The van der Waals surface area contributed by atoms with Gasteiger partial charge in [-0.25, -0.2) is 13.1 Å². The van der Waals surface area contributed by atoms with Crippen molar-refractivity contribution in [3.05, 3.63) is 28.2 Å². The zero-order valence-electron chi connectivity index (χ0n) is 12.6. The van der Waals surface area contributed by atoms with Gasteiger partial charge in [-0.3, -0.25) is 0 Å². The lowest BCUT2D eigenvalue weighted by Gasteiger charge is -2.20. The van der Waals surface area contributed by atoms with Crippen molar-refractivity contribution in [2.75, 3.05) is 26.2 Å². The molecule has 4 nitrogen and oxygen atoms in total. The van der Waals surface area contributed by atoms with Crippen molar-refractivity contribution in [1.82, 2.24) is 9.62 Å². The predicted octanol–water partition coefficient (Wildman–Crippen LogP) is 2.77. The quantitative estimate of drug-likeness (QED) is 0.832. The fourth-order valence-corrected chi connectivity index (χ4v) is 4.61. The maximum Gasteiger partial charge on any atom is 0.240 e. The number of rotatable bonds is 6. The van der Waals surface area contributed by atoms with E-state index >= 15 is 0 Å². The standard InChI is InChI=1S/C15H23BrN2O2S/c1-12(11-18-7-3-4-8-18)10-17-21(19,20)15-9-14(16)6-5-13(15)2/h5-6,9,12,17H,3-4,7-8,10-11H2,1-2H3. The molecule has 118 valence electrons. The Labute approximate surface area is 136 Å². The minimum absolute atomic E-state index is 0.310. The van der Waals surface area contributed by atoms with Gasteiger partial charge in [0, 0.05) is 17.6 Å². The van der Waals surface area contributed by atoms with Crippen LogP contribution < -0.4 is 4.72 Å². The largest absolute Gasteiger partial charge is 0.303 e. The lowest BCUT2D eigenvalue weighted by Crippen LogP contribution is -2.34. The highest BCUT2D eigenvalue weighted by Gasteiger charge is 2.20. The molecule has 1 N–H and O–H groups in total. The summed E-state index contributed by atoms with van der Waals surface area (Å²) in [6, 6.07) is 5.32. The molecule has 6 heteroatoms. The molecule has 0 radical (unpaired) electrons. The third-order valence-electron chi connectivity index (χ3n) is 3.83. The Morgan fingerprint density at radius 3 is 2.67 bits per heavy atom. The van der Waals surface area contributed by atoms with Crippen molar-refractivity contribution < 1.29 is 8.42 Å². The van der Waals surface area contributed by atoms with Gasteiger partial charge in [0.25, 0.3) is 0 Å². The zero-order chi connectivity index (χ0) is 15.5. The van der Waals surface area contributed by atoms with Crippen molar-refractivity contribution in [2.45, 2.75) is 31.6 Å². The minimum atomic E-state index is -3.44. The summed E-state index contributed by atoms with van der Waals surface area (Å²) in [5, 5.41) is 0. The van der Waals surface area contributed by atoms with Crippen LogP contribution in [0, 0.1) is 12.8 Å². The SMILES string of the molecule is Cc1ccc(Br)cc1S(=O)(=O)NCC(C)CN1CCCC1. The fraction of sp³-hybridized carbons (Fsp3) is 0.600. The summed E-state index contributed by atoms with van der Waals surface area (Å²) in [4.78, 5) is 2.76. The second-order valence-electron chi connectivity index (χ2n) is 5.87. The number of nitrogens with zero attached hydrogens (tertiary/aromatic N) is 1. The van der Waals surface area contributed by atoms with Crippen LogP contribution in [-0.2, 0) is 10.0 Å². The molecule has 1 aromatic carbocycles. The van der Waals surface area contributed by atoms with E-state index in [2.05, 4.69) is 32.5 Å². The molecule has 0 saturated carbocycles. The highest BCUT2D eigenvalue weighted by atomic mass is 79.9. The Hall–Kier alpha value is -0.430. The summed E-state index contributed by atoms with van der Waals surface area (Å²) in [6.07, 6.45) is 2.52. The second-order valence-corrected chi connectivity index (χ2v) is 8.53. The van der Waals surface area contributed by atoms with E-state index in [0.717, 1.165) is 29.7 Å². The number of likely N-dealkylation sites (tertiary alicyclic amines) is 1. The highest BCUT2D eigenvalue weighted by molar-refractivity contribution is 9.10. The minimum Gasteiger partial charge on any atom is -0.303 e. The fourth-order valence-electron chi connectivity index (χ4n) is 2.66. The molecule has 0 aliphatic carbocycles. The molecule has 1 aliphatic rings. The molecule has 1 aromatic rings. The monoisotopic (exact) mass is 374 g/mol. The van der Waals surface area contributed by atoms with Gasteiger partial charge >= 0.3 is 0 Å². The molecular formula is C15H23BrN2O2S. The summed E-state index contributed by atoms with van der Waals surface area (Å²) in [6.45, 7) is 7.62. The second kappa shape index (κ2) is 7.22. The van der Waals surface area contributed by atoms with Crippen LogP contribution in [0.5, 0.6) is 0 Å². The summed E-state index contributed by atoms with van der Waals surface area (Å²) in [5.41, 5.74) is 0.762. The third-order valence-corrected chi connectivity index (χ3v) is 5.89. The third kappa shape index (κ3) is 4.77. The van der Waals surface area contributed by atoms with Crippen LogP contribution >= 0.6 is 15.9 Å². The van der Waals surface area contributed by atoms with Crippen molar-refractivity contribution in [3.8, 4) is 0 Å². The van der Waals surface area contributed by atoms with Gasteiger partial charge < -0.3 is 4.90 Å². The van der Waals surface area contributed by atoms with Crippen LogP contribution in [-0.4, -0.2) is 39.5 Å². The molecular weight excluding hydrogens is 352 g/mol. The molecule has 1 heterocycles. The van der Waals surface area contributed by atoms with E-state index in [1.807, 2.05) is 19.1 Å². The number of aryl methyl sites for hydroxylation is 1. The zero-order valence-corrected chi connectivity index (χ0v) is 15.0. The maximum atomic E-state index is 12.4. The predicted molar refractivity (Wildman–Crippen MR) is 88.9 cm³/mol. The molecule has 0 aromatic heterocycles. The Bertz CT molecular complexity index is 583. The van der Waals surface area contributed by atoms with Crippen LogP contribution in [0.1, 0.15) is 25.3 Å². The van der Waals surface area contributed by atoms with E-state index < -0.39 is 10.0 Å². The van der Waals surface area contributed by atoms with Crippen molar-refractivity contribution in [3.63, 3.8) is 0 Å². The average Bonchev–Trinajstić information content (AvgIpc) is 2.92. The summed E-state index contributed by atoms with van der Waals surface area (Å²) in [5.74, 6) is 0.310. The van der Waals surface area contributed by atoms with Gasteiger partial charge in [-0.1, -0.05) is 28.9 Å². The van der Waals surface area contributed by atoms with E-state index in [0.29, 0.717) is 17.4 Å². The Morgan fingerprint density at radius 1 is 1.33 bits per heavy atom. The van der Waals surface area contributed by atoms with E-state index in [9.17, 15) is 8.42 Å². The van der Waals surface area contributed by atoms with Crippen molar-refractivity contribution in [1.29, 1.82) is 0 Å². The molecule has 0 amide bonds. The van der Waals surface area contributed by atoms with Gasteiger partial charge in [-0.2, -0.15) is 0 Å². The summed E-state index contributed by atoms with van der Waals surface area (Å²) >= 11 is 3.33. The molecule has 0 spiro atoms. The number of hydrogen-bond acceptors (Lipinski definition) is 3. The topological polar surface area (TPSA) is 49.4 Å². The smallest absolute Gasteiger partial charge is 0.240 e. The normalized spacial score (nSPS) is 18.0. The molecule has 21 heavy (non-hydrogen) atoms. The van der Waals surface area contributed by atoms with Gasteiger partial charge in [0.2, 0.25) is 10.0 Å². The van der Waals surface area contributed by atoms with Gasteiger partial charge in [-0.15, -0.1) is 0 Å². The molecule has 1 saturated heterocycles. The summed E-state index contributed by atoms with van der Waals surface area (Å²) in [7, 11) is -3.44. The Kier molecular flexibility index (Phi) is 5.82. The number of hydrogen-bond donors (Lipinski definition) is 1. The Morgan fingerprint density at radius 2 is 2.00 bits per heavy atom. The van der Waals surface area contributed by atoms with Crippen LogP contribution in [0.4, 0.5) is 0 Å². The first-order valence-electron chi connectivity index (χ1n) is 7.36. The van der Waals surface area contributed by atoms with E-state index in [-0.39, 0.29) is 0 Å². The lowest BCUT2D eigenvalue weighted by molar-refractivity contribution is 0.288. The summed E-state index contributed by atoms with van der Waals surface area (Å²) < 4.78 is 28.3. The van der Waals surface area contributed by atoms with Crippen LogP contribution in [0.3, 0.4) is 0 Å². The number of sulfonamides is 1. The molecule has 1 aliphatic heterocycles. The molecule has 0 bridgehead atoms. The first-order valence-corrected chi connectivity index (χ1v) is 9.64. The number of halogens is 1. The average molecular weight is 375 g/mol. The maximum absolute atomic E-state index is 12.4. The molecule has 1 unspecified atom stereocenters. The van der Waals surface area contributed by atoms with Gasteiger partial charge in [0.15, 0.2) is 0 Å². The van der Waals surface area contributed by atoms with Crippen LogP contribution in [0.25, 0.3) is 0 Å². The molecule has 1 atom stereocenters. The van der Waals surface area contributed by atoms with Crippen molar-refractivity contribution in [2.24, 2.45) is 5.92 Å². The van der Waals surface area contributed by atoms with Crippen molar-refractivity contribution >= 4 is 26.0 Å². The van der Waals surface area contributed by atoms with E-state index in [4.69, 9.17) is 0 Å². The first-order chi connectivity index (χ1) is 9.88. The lowest BCUT2D eigenvalue weighted by atomic mass is 10.2. The first kappa shape index (κ1) is 16.9. The molecule has 2 rings (SSSR count). The van der Waals surface area contributed by atoms with Crippen LogP contribution in [0.15, 0.2) is 27.6 Å². The molecule has 1 fully saturated rings. The number of benzene rings is 1. The van der Waals surface area contributed by atoms with Gasteiger partial charge in [0.05, 0.1) is 4.90 Å². The van der Waals surface area contributed by atoms with E-state index in [1.165, 1.54) is 12.8 Å². The Balaban J connectivity index is 1.95. The van der Waals surface area contributed by atoms with Gasteiger partial charge in [-0.05, 0) is 56.5 Å². The highest BCUT2D eigenvalue weighted by Crippen LogP contribution is 2.20. The van der Waals surface area contributed by atoms with Gasteiger partial charge in [0.1, 0.15) is 0 Å². The van der Waals surface area contributed by atoms with E-state index in [1.54, 1.807) is 6.07 Å².